The zero-order valence-corrected chi connectivity index (χ0v) is 29.9. The van der Waals surface area contributed by atoms with Crippen molar-refractivity contribution in [3.05, 3.63) is 72.0 Å². The van der Waals surface area contributed by atoms with E-state index in [1.807, 2.05) is 0 Å². The summed E-state index contributed by atoms with van der Waals surface area (Å²) in [6.07, 6.45) is 0.636. The maximum absolute atomic E-state index is 12.5. The summed E-state index contributed by atoms with van der Waals surface area (Å²) in [5, 5.41) is 11.2. The second-order valence-corrected chi connectivity index (χ2v) is 12.7. The highest BCUT2D eigenvalue weighted by Crippen LogP contribution is 2.26. The predicted octanol–water partition coefficient (Wildman–Crippen LogP) is 5.43. The Bertz CT molecular complexity index is 1510. The van der Waals surface area contributed by atoms with Gasteiger partial charge in [-0.3, -0.25) is 9.69 Å². The molecule has 14 nitrogen and oxygen atoms in total. The van der Waals surface area contributed by atoms with Gasteiger partial charge in [-0.2, -0.15) is 13.2 Å². The Hall–Kier alpha value is -4.61. The summed E-state index contributed by atoms with van der Waals surface area (Å²) in [7, 11) is 0. The standard InChI is InChI=1S/C18H23ClN2O5.C13H15ClN2O3.C2HF3O2/c1-5-8-24-16(22)14-9-13(25-15-7-6-12(19)10-20-15)11-21(14)17(23)26-18(2,3)4;1-2-5-18-13(17)11-6-10(8-15-11)19-12-4-3-9(14)7-16-12;3-2(4,5)1(6)7/h5-7,10,13-14H,1,8-9,11H2,2-4H3;2-4,7,10-11,15H,1,5-6,8H2;(H,6,7)/t13-,14+;10-,11+;/m11./s1. The summed E-state index contributed by atoms with van der Waals surface area (Å²) in [4.78, 5) is 54.8. The monoisotopic (exact) mass is 778 g/mol. The maximum atomic E-state index is 12.5. The Kier molecular flexibility index (Phi) is 17.1. The molecular formula is C33H39Cl2F3N4O10. The minimum absolute atomic E-state index is 0.0712. The third-order valence-corrected chi connectivity index (χ3v) is 6.89. The number of aromatic nitrogens is 2. The summed E-state index contributed by atoms with van der Waals surface area (Å²) < 4.78 is 58.6. The zero-order chi connectivity index (χ0) is 39.1. The molecule has 52 heavy (non-hydrogen) atoms. The lowest BCUT2D eigenvalue weighted by molar-refractivity contribution is -0.192. The van der Waals surface area contributed by atoms with E-state index in [4.69, 9.17) is 56.8 Å². The van der Waals surface area contributed by atoms with E-state index in [9.17, 15) is 27.6 Å². The molecule has 0 unspecified atom stereocenters. The van der Waals surface area contributed by atoms with Crippen molar-refractivity contribution < 1.29 is 61.1 Å². The van der Waals surface area contributed by atoms with Crippen LogP contribution in [0.25, 0.3) is 0 Å². The fourth-order valence-electron chi connectivity index (χ4n) is 4.29. The molecule has 0 aromatic carbocycles. The smallest absolute Gasteiger partial charge is 0.475 e. The molecule has 4 heterocycles. The van der Waals surface area contributed by atoms with Gasteiger partial charge in [0.1, 0.15) is 43.1 Å². The van der Waals surface area contributed by atoms with Crippen molar-refractivity contribution in [3.63, 3.8) is 0 Å². The fourth-order valence-corrected chi connectivity index (χ4v) is 4.51. The highest BCUT2D eigenvalue weighted by molar-refractivity contribution is 6.30. The number of carboxylic acids is 1. The quantitative estimate of drug-likeness (QED) is 0.178. The molecular weight excluding hydrogens is 740 g/mol. The number of carboxylic acid groups (broad SMARTS) is 1. The first-order valence-electron chi connectivity index (χ1n) is 15.5. The lowest BCUT2D eigenvalue weighted by Crippen LogP contribution is -2.44. The van der Waals surface area contributed by atoms with Gasteiger partial charge in [-0.15, -0.1) is 0 Å². The van der Waals surface area contributed by atoms with Crippen molar-refractivity contribution in [2.24, 2.45) is 0 Å². The van der Waals surface area contributed by atoms with Crippen LogP contribution < -0.4 is 14.8 Å². The van der Waals surface area contributed by atoms with Gasteiger partial charge < -0.3 is 34.1 Å². The molecule has 2 aliphatic heterocycles. The lowest BCUT2D eigenvalue weighted by Gasteiger charge is -2.27. The summed E-state index contributed by atoms with van der Waals surface area (Å²) in [5.41, 5.74) is -0.677. The van der Waals surface area contributed by atoms with Crippen molar-refractivity contribution in [2.45, 2.75) is 69.7 Å². The Balaban J connectivity index is 0.000000314. The van der Waals surface area contributed by atoms with Crippen LogP contribution in [-0.2, 0) is 28.6 Å². The molecule has 0 bridgehead atoms. The van der Waals surface area contributed by atoms with Crippen molar-refractivity contribution >= 4 is 47.2 Å². The van der Waals surface area contributed by atoms with E-state index in [1.165, 1.54) is 23.4 Å². The van der Waals surface area contributed by atoms with Gasteiger partial charge in [0.25, 0.3) is 0 Å². The maximum Gasteiger partial charge on any atom is 0.490 e. The number of ether oxygens (including phenoxy) is 5. The molecule has 1 amide bonds. The molecule has 4 atom stereocenters. The number of hydrogen-bond acceptors (Lipinski definition) is 12. The second-order valence-electron chi connectivity index (χ2n) is 11.8. The number of carbonyl (C=O) groups excluding carboxylic acids is 3. The number of halogens is 5. The lowest BCUT2D eigenvalue weighted by atomic mass is 10.2. The van der Waals surface area contributed by atoms with Gasteiger partial charge in [0.2, 0.25) is 11.8 Å². The van der Waals surface area contributed by atoms with E-state index in [0.29, 0.717) is 34.8 Å². The van der Waals surface area contributed by atoms with Crippen LogP contribution in [-0.4, -0.2) is 106 Å². The number of esters is 2. The largest absolute Gasteiger partial charge is 0.490 e. The molecule has 19 heteroatoms. The Labute approximate surface area is 307 Å². The fraction of sp³-hybridized carbons (Fsp3) is 0.455. The number of rotatable bonds is 10. The summed E-state index contributed by atoms with van der Waals surface area (Å²) in [5.74, 6) is -2.70. The van der Waals surface area contributed by atoms with Crippen LogP contribution in [0, 0.1) is 0 Å². The molecule has 2 fully saturated rings. The second kappa shape index (κ2) is 20.4. The Morgan fingerprint density at radius 3 is 1.85 bits per heavy atom. The molecule has 2 aromatic heterocycles. The first-order chi connectivity index (χ1) is 24.3. The topological polar surface area (TPSA) is 176 Å². The van der Waals surface area contributed by atoms with E-state index in [0.717, 1.165) is 0 Å². The van der Waals surface area contributed by atoms with Crippen molar-refractivity contribution in [1.29, 1.82) is 0 Å². The van der Waals surface area contributed by atoms with Crippen LogP contribution in [0.15, 0.2) is 62.0 Å². The summed E-state index contributed by atoms with van der Waals surface area (Å²) in [6, 6.07) is 5.57. The van der Waals surface area contributed by atoms with Gasteiger partial charge in [-0.05, 0) is 32.9 Å². The number of aliphatic carboxylic acids is 1. The molecule has 0 radical (unpaired) electrons. The van der Waals surface area contributed by atoms with Gasteiger partial charge in [-0.1, -0.05) is 48.5 Å². The molecule has 2 N–H and O–H groups in total. The van der Waals surface area contributed by atoms with Crippen molar-refractivity contribution in [1.82, 2.24) is 20.2 Å². The number of nitrogens with zero attached hydrogens (tertiary/aromatic N) is 3. The van der Waals surface area contributed by atoms with Crippen LogP contribution in [0.1, 0.15) is 33.6 Å². The molecule has 286 valence electrons. The van der Waals surface area contributed by atoms with Crippen LogP contribution in [0.4, 0.5) is 18.0 Å². The van der Waals surface area contributed by atoms with Crippen LogP contribution in [0.2, 0.25) is 10.0 Å². The van der Waals surface area contributed by atoms with Crippen LogP contribution >= 0.6 is 23.2 Å². The normalized spacial score (nSPS) is 19.4. The first-order valence-corrected chi connectivity index (χ1v) is 16.2. The van der Waals surface area contributed by atoms with Crippen LogP contribution in [0.5, 0.6) is 11.8 Å². The number of carbonyl (C=O) groups is 4. The summed E-state index contributed by atoms with van der Waals surface area (Å²) >= 11 is 11.6. The SMILES string of the molecule is C=CCOC(=O)[C@@H]1C[C@@H](Oc2ccc(Cl)cn2)CN1.C=CCOC(=O)[C@@H]1C[C@@H](Oc2ccc(Cl)cn2)CN1C(=O)OC(C)(C)C.O=C(O)C(F)(F)F. The molecule has 0 aliphatic carbocycles. The zero-order valence-electron chi connectivity index (χ0n) is 28.4. The number of hydrogen-bond donors (Lipinski definition) is 2. The molecule has 0 spiro atoms. The van der Waals surface area contributed by atoms with Gasteiger partial charge in [0.15, 0.2) is 0 Å². The van der Waals surface area contributed by atoms with Crippen molar-refractivity contribution in [2.75, 3.05) is 26.3 Å². The number of nitrogens with one attached hydrogen (secondary N) is 1. The summed E-state index contributed by atoms with van der Waals surface area (Å²) in [6.45, 7) is 13.4. The van der Waals surface area contributed by atoms with E-state index >= 15 is 0 Å². The number of pyridine rings is 2. The van der Waals surface area contributed by atoms with Gasteiger partial charge in [-0.25, -0.2) is 24.4 Å². The minimum atomic E-state index is -5.08. The van der Waals surface area contributed by atoms with E-state index in [-0.39, 0.29) is 44.3 Å². The van der Waals surface area contributed by atoms with E-state index < -0.39 is 42.0 Å². The number of likely N-dealkylation sites (tertiary alicyclic amines) is 1. The predicted molar refractivity (Wildman–Crippen MR) is 181 cm³/mol. The average molecular weight is 780 g/mol. The third kappa shape index (κ3) is 15.7. The van der Waals surface area contributed by atoms with Gasteiger partial charge in [0, 0.05) is 43.9 Å². The molecule has 0 saturated carbocycles. The van der Waals surface area contributed by atoms with Gasteiger partial charge in [0.05, 0.1) is 16.6 Å². The highest BCUT2D eigenvalue weighted by atomic mass is 35.5. The minimum Gasteiger partial charge on any atom is -0.475 e. The molecule has 2 aliphatic rings. The van der Waals surface area contributed by atoms with E-state index in [2.05, 4.69) is 28.4 Å². The number of amides is 1. The van der Waals surface area contributed by atoms with Crippen molar-refractivity contribution in [3.8, 4) is 11.8 Å². The Morgan fingerprint density at radius 2 is 1.40 bits per heavy atom. The number of alkyl halides is 3. The van der Waals surface area contributed by atoms with Crippen LogP contribution in [0.3, 0.4) is 0 Å². The first kappa shape index (κ1) is 43.6. The van der Waals surface area contributed by atoms with E-state index in [1.54, 1.807) is 51.1 Å². The molecule has 2 saturated heterocycles. The van der Waals surface area contributed by atoms with Gasteiger partial charge >= 0.3 is 30.2 Å². The Morgan fingerprint density at radius 1 is 0.904 bits per heavy atom. The average Bonchev–Trinajstić information content (AvgIpc) is 3.72. The highest BCUT2D eigenvalue weighted by Gasteiger charge is 2.43. The third-order valence-electron chi connectivity index (χ3n) is 6.44. The molecule has 4 rings (SSSR count). The molecule has 2 aromatic rings.